The van der Waals surface area contributed by atoms with E-state index in [1.807, 2.05) is 13.0 Å². The molecule has 14 heavy (non-hydrogen) atoms. The number of hydrogen-bond donors (Lipinski definition) is 0. The molecular weight excluding hydrogens is 293 g/mol. The van der Waals surface area contributed by atoms with Gasteiger partial charge in [0.25, 0.3) is 0 Å². The molecule has 0 N–H and O–H groups in total. The van der Waals surface area contributed by atoms with Crippen molar-refractivity contribution in [3.8, 4) is 0 Å². The number of hydrogen-bond acceptors (Lipinski definition) is 2. The number of carbonyl (C=O) groups is 1. The molecule has 0 amide bonds. The van der Waals surface area contributed by atoms with Crippen molar-refractivity contribution in [2.24, 2.45) is 5.11 Å². The van der Waals surface area contributed by atoms with Crippen molar-refractivity contribution in [1.82, 2.24) is 0 Å². The fourth-order valence-corrected chi connectivity index (χ4v) is 1.81. The molecule has 0 fully saturated rings. The molecule has 0 atom stereocenters. The second-order valence-corrected chi connectivity index (χ2v) is 3.96. The number of azide groups is 1. The third-order valence-corrected chi connectivity index (χ3v) is 3.04. The normalized spacial score (nSPS) is 9.29. The summed E-state index contributed by atoms with van der Waals surface area (Å²) in [7, 11) is 0. The lowest BCUT2D eigenvalue weighted by atomic mass is 10.1. The maximum absolute atomic E-state index is 10.6. The van der Waals surface area contributed by atoms with Gasteiger partial charge in [-0.15, -0.1) is 0 Å². The highest BCUT2D eigenvalue weighted by Crippen LogP contribution is 2.19. The highest BCUT2D eigenvalue weighted by Gasteiger charge is 2.03. The van der Waals surface area contributed by atoms with E-state index in [0.717, 1.165) is 21.0 Å². The minimum absolute atomic E-state index is 0.292. The lowest BCUT2D eigenvalue weighted by molar-refractivity contribution is 0.112. The summed E-state index contributed by atoms with van der Waals surface area (Å²) < 4.78 is 1.01. The lowest BCUT2D eigenvalue weighted by Gasteiger charge is -2.05. The first kappa shape index (κ1) is 11.0. The predicted molar refractivity (Wildman–Crippen MR) is 62.1 cm³/mol. The van der Waals surface area contributed by atoms with Gasteiger partial charge in [0.15, 0.2) is 0 Å². The van der Waals surface area contributed by atoms with Crippen LogP contribution in [0.4, 0.5) is 0 Å². The predicted octanol–water partition coefficient (Wildman–Crippen LogP) is 3.22. The Labute approximate surface area is 95.1 Å². The summed E-state index contributed by atoms with van der Waals surface area (Å²) in [6.07, 6.45) is 0.793. The van der Waals surface area contributed by atoms with Crippen LogP contribution in [0.1, 0.15) is 21.5 Å². The van der Waals surface area contributed by atoms with E-state index in [-0.39, 0.29) is 0 Å². The van der Waals surface area contributed by atoms with Crippen molar-refractivity contribution >= 4 is 28.9 Å². The second kappa shape index (κ2) is 4.97. The molecule has 0 aliphatic rings. The van der Waals surface area contributed by atoms with Gasteiger partial charge in [0.2, 0.25) is 0 Å². The van der Waals surface area contributed by atoms with Gasteiger partial charge >= 0.3 is 0 Å². The number of rotatable bonds is 3. The van der Waals surface area contributed by atoms with E-state index in [1.54, 1.807) is 6.07 Å². The second-order valence-electron chi connectivity index (χ2n) is 2.79. The van der Waals surface area contributed by atoms with Crippen LogP contribution >= 0.6 is 22.6 Å². The molecule has 0 heterocycles. The van der Waals surface area contributed by atoms with Crippen LogP contribution in [-0.2, 0) is 6.54 Å². The van der Waals surface area contributed by atoms with Crippen LogP contribution in [0, 0.1) is 10.5 Å². The van der Waals surface area contributed by atoms with E-state index in [2.05, 4.69) is 32.6 Å². The van der Waals surface area contributed by atoms with E-state index in [0.29, 0.717) is 12.1 Å². The summed E-state index contributed by atoms with van der Waals surface area (Å²) in [4.78, 5) is 13.3. The molecule has 0 aliphatic carbocycles. The molecule has 0 saturated carbocycles. The summed E-state index contributed by atoms with van der Waals surface area (Å²) in [5.41, 5.74) is 10.8. The van der Waals surface area contributed by atoms with Crippen molar-refractivity contribution in [1.29, 1.82) is 0 Å². The molecule has 5 heteroatoms. The molecule has 1 rings (SSSR count). The molecule has 0 saturated heterocycles. The largest absolute Gasteiger partial charge is 0.298 e. The maximum Gasteiger partial charge on any atom is 0.150 e. The maximum atomic E-state index is 10.6. The van der Waals surface area contributed by atoms with Gasteiger partial charge < -0.3 is 0 Å². The third-order valence-electron chi connectivity index (χ3n) is 1.91. The summed E-state index contributed by atoms with van der Waals surface area (Å²) in [5, 5.41) is 3.48. The molecule has 0 spiro atoms. The Balaban J connectivity index is 3.19. The van der Waals surface area contributed by atoms with Crippen LogP contribution in [0.5, 0.6) is 0 Å². The highest BCUT2D eigenvalue weighted by atomic mass is 127. The number of nitrogens with zero attached hydrogens (tertiary/aromatic N) is 3. The van der Waals surface area contributed by atoms with Crippen LogP contribution in [0.15, 0.2) is 17.2 Å². The first-order valence-corrected chi connectivity index (χ1v) is 5.02. The summed E-state index contributed by atoms with van der Waals surface area (Å²) in [6, 6.07) is 3.56. The zero-order chi connectivity index (χ0) is 10.6. The summed E-state index contributed by atoms with van der Waals surface area (Å²) in [6.45, 7) is 2.23. The van der Waals surface area contributed by atoms with Gasteiger partial charge in [-0.1, -0.05) is 5.11 Å². The van der Waals surface area contributed by atoms with E-state index in [9.17, 15) is 4.79 Å². The van der Waals surface area contributed by atoms with E-state index >= 15 is 0 Å². The topological polar surface area (TPSA) is 65.8 Å². The van der Waals surface area contributed by atoms with Crippen LogP contribution in [-0.4, -0.2) is 6.29 Å². The van der Waals surface area contributed by atoms with Gasteiger partial charge in [0, 0.05) is 14.0 Å². The molecule has 1 aromatic carbocycles. The van der Waals surface area contributed by atoms with Gasteiger partial charge in [-0.2, -0.15) is 0 Å². The van der Waals surface area contributed by atoms with Crippen molar-refractivity contribution in [2.75, 3.05) is 0 Å². The number of halogens is 1. The molecule has 0 aliphatic heterocycles. The Morgan fingerprint density at radius 2 is 2.36 bits per heavy atom. The van der Waals surface area contributed by atoms with E-state index in [4.69, 9.17) is 5.53 Å². The molecule has 0 radical (unpaired) electrons. The molecular formula is C9H8IN3O. The summed E-state index contributed by atoms with van der Waals surface area (Å²) >= 11 is 2.16. The smallest absolute Gasteiger partial charge is 0.150 e. The van der Waals surface area contributed by atoms with Gasteiger partial charge in [-0.05, 0) is 58.3 Å². The monoisotopic (exact) mass is 301 g/mol. The van der Waals surface area contributed by atoms with Gasteiger partial charge in [0.1, 0.15) is 6.29 Å². The number of benzene rings is 1. The average molecular weight is 301 g/mol. The Morgan fingerprint density at radius 1 is 1.64 bits per heavy atom. The minimum Gasteiger partial charge on any atom is -0.298 e. The highest BCUT2D eigenvalue weighted by molar-refractivity contribution is 14.1. The van der Waals surface area contributed by atoms with Crippen LogP contribution in [0.2, 0.25) is 0 Å². The molecule has 0 unspecified atom stereocenters. The standard InChI is InChI=1S/C9H8IN3O/c1-6-8(4-12-13-11)2-7(5-14)3-9(6)10/h2-3,5H,4H2,1H3. The van der Waals surface area contributed by atoms with E-state index < -0.39 is 0 Å². The Bertz CT molecular complexity index is 411. The fraction of sp³-hybridized carbons (Fsp3) is 0.222. The Hall–Kier alpha value is -1.07. The third kappa shape index (κ3) is 2.46. The molecule has 1 aromatic rings. The first-order valence-electron chi connectivity index (χ1n) is 3.94. The lowest BCUT2D eigenvalue weighted by Crippen LogP contribution is -1.93. The van der Waals surface area contributed by atoms with Crippen molar-refractivity contribution in [3.05, 3.63) is 42.8 Å². The Morgan fingerprint density at radius 3 is 2.93 bits per heavy atom. The van der Waals surface area contributed by atoms with Crippen LogP contribution in [0.25, 0.3) is 10.4 Å². The first-order chi connectivity index (χ1) is 6.69. The van der Waals surface area contributed by atoms with Gasteiger partial charge in [-0.25, -0.2) is 0 Å². The van der Waals surface area contributed by atoms with Crippen molar-refractivity contribution in [3.63, 3.8) is 0 Å². The molecule has 72 valence electrons. The van der Waals surface area contributed by atoms with E-state index in [1.165, 1.54) is 0 Å². The van der Waals surface area contributed by atoms with Crippen LogP contribution in [0.3, 0.4) is 0 Å². The molecule has 0 bridgehead atoms. The molecule has 0 aromatic heterocycles. The average Bonchev–Trinajstić information content (AvgIpc) is 2.20. The minimum atomic E-state index is 0.292. The quantitative estimate of drug-likeness (QED) is 0.278. The zero-order valence-corrected chi connectivity index (χ0v) is 9.72. The van der Waals surface area contributed by atoms with Gasteiger partial charge in [-0.3, -0.25) is 4.79 Å². The zero-order valence-electron chi connectivity index (χ0n) is 7.57. The van der Waals surface area contributed by atoms with Crippen molar-refractivity contribution in [2.45, 2.75) is 13.5 Å². The number of aldehydes is 1. The number of carbonyl (C=O) groups excluding carboxylic acids is 1. The van der Waals surface area contributed by atoms with Gasteiger partial charge in [0.05, 0.1) is 6.54 Å². The fourth-order valence-electron chi connectivity index (χ4n) is 1.10. The van der Waals surface area contributed by atoms with Crippen LogP contribution < -0.4 is 0 Å². The SMILES string of the molecule is Cc1c(I)cc(C=O)cc1CN=[N+]=[N-]. The van der Waals surface area contributed by atoms with Crippen molar-refractivity contribution < 1.29 is 4.79 Å². The molecule has 4 nitrogen and oxygen atoms in total. The Kier molecular flexibility index (Phi) is 3.91. The summed E-state index contributed by atoms with van der Waals surface area (Å²) in [5.74, 6) is 0.